The molecule has 1 heterocycles. The molecule has 0 radical (unpaired) electrons. The first kappa shape index (κ1) is 11.8. The molecule has 1 rings (SSSR count). The topological polar surface area (TPSA) is 95.9 Å². The van der Waals surface area contributed by atoms with Gasteiger partial charge >= 0.3 is 11.9 Å². The van der Waals surface area contributed by atoms with Gasteiger partial charge in [-0.2, -0.15) is 0 Å². The first-order valence-corrected chi connectivity index (χ1v) is 3.49. The van der Waals surface area contributed by atoms with Crippen LogP contribution in [0, 0.1) is 0 Å². The van der Waals surface area contributed by atoms with Gasteiger partial charge in [-0.15, -0.1) is 0 Å². The van der Waals surface area contributed by atoms with Gasteiger partial charge in [0.1, 0.15) is 6.26 Å². The molecule has 0 saturated heterocycles. The van der Waals surface area contributed by atoms with E-state index in [9.17, 15) is 9.59 Å². The highest BCUT2D eigenvalue weighted by atomic mass is 16.6. The van der Waals surface area contributed by atoms with Gasteiger partial charge in [-0.25, -0.2) is 15.1 Å². The number of aliphatic carboxylic acids is 2. The summed E-state index contributed by atoms with van der Waals surface area (Å²) in [5.41, 5.74) is 2.52. The molecular formula is C8H9NO5. The van der Waals surface area contributed by atoms with Crippen LogP contribution in [0.15, 0.2) is 36.8 Å². The number of hydroxylamine groups is 1. The smallest absolute Gasteiger partial charge is 0.328 e. The standard InChI is InChI=1S/C4H5NO.C4H4O4/c1-2-4-6-5-3-1;5-3(6)1-2-4(7)8/h1-5H;1-2H,(H,5,6)(H,7,8)/b;2-1-. The maximum Gasteiger partial charge on any atom is 0.328 e. The molecule has 0 atom stereocenters. The summed E-state index contributed by atoms with van der Waals surface area (Å²) in [6.07, 6.45) is 8.05. The van der Waals surface area contributed by atoms with E-state index in [-0.39, 0.29) is 0 Å². The van der Waals surface area contributed by atoms with Crippen LogP contribution in [0.25, 0.3) is 0 Å². The van der Waals surface area contributed by atoms with Crippen LogP contribution in [0.1, 0.15) is 0 Å². The summed E-state index contributed by atoms with van der Waals surface area (Å²) in [5, 5.41) is 15.6. The van der Waals surface area contributed by atoms with Crippen molar-refractivity contribution in [2.24, 2.45) is 0 Å². The van der Waals surface area contributed by atoms with E-state index in [1.807, 2.05) is 6.08 Å². The number of allylic oxidation sites excluding steroid dienone is 2. The SMILES string of the molecule is C1=CNOC=C1.O=C(O)/C=C\C(=O)O. The third-order valence-electron chi connectivity index (χ3n) is 0.859. The fourth-order valence-electron chi connectivity index (χ4n) is 0.401. The lowest BCUT2D eigenvalue weighted by atomic mass is 10.5. The van der Waals surface area contributed by atoms with E-state index >= 15 is 0 Å². The van der Waals surface area contributed by atoms with Crippen molar-refractivity contribution in [2.75, 3.05) is 0 Å². The molecule has 0 unspecified atom stereocenters. The van der Waals surface area contributed by atoms with Crippen molar-refractivity contribution in [1.82, 2.24) is 5.48 Å². The van der Waals surface area contributed by atoms with E-state index in [0.717, 1.165) is 0 Å². The Bertz CT molecular complexity index is 251. The Labute approximate surface area is 79.8 Å². The number of carboxylic acid groups (broad SMARTS) is 2. The lowest BCUT2D eigenvalue weighted by Gasteiger charge is -1.97. The van der Waals surface area contributed by atoms with Gasteiger partial charge < -0.3 is 15.1 Å². The van der Waals surface area contributed by atoms with Crippen LogP contribution in [0.2, 0.25) is 0 Å². The van der Waals surface area contributed by atoms with E-state index in [1.54, 1.807) is 18.5 Å². The molecule has 0 aromatic carbocycles. The normalized spacial score (nSPS) is 12.3. The van der Waals surface area contributed by atoms with E-state index in [1.165, 1.54) is 0 Å². The summed E-state index contributed by atoms with van der Waals surface area (Å²) >= 11 is 0. The number of carbonyl (C=O) groups is 2. The molecule has 3 N–H and O–H groups in total. The van der Waals surface area contributed by atoms with Gasteiger partial charge in [-0.1, -0.05) is 0 Å². The van der Waals surface area contributed by atoms with Crippen molar-refractivity contribution in [2.45, 2.75) is 0 Å². The molecule has 0 saturated carbocycles. The minimum Gasteiger partial charge on any atom is -0.478 e. The van der Waals surface area contributed by atoms with Crippen LogP contribution in [0.3, 0.4) is 0 Å². The average molecular weight is 199 g/mol. The molecule has 1 aliphatic heterocycles. The first-order valence-electron chi connectivity index (χ1n) is 3.49. The highest BCUT2D eigenvalue weighted by Gasteiger charge is 1.88. The Balaban J connectivity index is 0.000000249. The zero-order chi connectivity index (χ0) is 10.8. The van der Waals surface area contributed by atoms with E-state index < -0.39 is 11.9 Å². The average Bonchev–Trinajstić information content (AvgIpc) is 2.18. The summed E-state index contributed by atoms with van der Waals surface area (Å²) in [6, 6.07) is 0. The van der Waals surface area contributed by atoms with E-state index in [0.29, 0.717) is 12.2 Å². The summed E-state index contributed by atoms with van der Waals surface area (Å²) in [6.45, 7) is 0. The summed E-state index contributed by atoms with van der Waals surface area (Å²) in [7, 11) is 0. The largest absolute Gasteiger partial charge is 0.478 e. The number of carboxylic acids is 2. The van der Waals surface area contributed by atoms with Crippen LogP contribution in [0.4, 0.5) is 0 Å². The molecule has 6 heteroatoms. The van der Waals surface area contributed by atoms with Gasteiger partial charge in [0.15, 0.2) is 0 Å². The molecular weight excluding hydrogens is 190 g/mol. The maximum atomic E-state index is 9.55. The number of hydrogen-bond donors (Lipinski definition) is 3. The van der Waals surface area contributed by atoms with Crippen molar-refractivity contribution < 1.29 is 24.6 Å². The Hall–Kier alpha value is -2.24. The zero-order valence-corrected chi connectivity index (χ0v) is 7.08. The monoisotopic (exact) mass is 199 g/mol. The lowest BCUT2D eigenvalue weighted by molar-refractivity contribution is -0.134. The molecule has 14 heavy (non-hydrogen) atoms. The minimum absolute atomic E-state index is 0.558. The molecule has 0 spiro atoms. The fourth-order valence-corrected chi connectivity index (χ4v) is 0.401. The van der Waals surface area contributed by atoms with Gasteiger partial charge in [0.25, 0.3) is 0 Å². The van der Waals surface area contributed by atoms with Gasteiger partial charge in [-0.3, -0.25) is 0 Å². The second-order valence-electron chi connectivity index (χ2n) is 1.93. The third-order valence-corrected chi connectivity index (χ3v) is 0.859. The lowest BCUT2D eigenvalue weighted by Crippen LogP contribution is -2.01. The van der Waals surface area contributed by atoms with Crippen LogP contribution in [-0.2, 0) is 14.4 Å². The summed E-state index contributed by atoms with van der Waals surface area (Å²) in [5.74, 6) is -2.51. The van der Waals surface area contributed by atoms with Crippen molar-refractivity contribution in [3.05, 3.63) is 36.8 Å². The van der Waals surface area contributed by atoms with Crippen LogP contribution < -0.4 is 5.48 Å². The number of hydrogen-bond acceptors (Lipinski definition) is 4. The predicted octanol–water partition coefficient (Wildman–Crippen LogP) is 0.260. The van der Waals surface area contributed by atoms with Crippen LogP contribution in [0.5, 0.6) is 0 Å². The van der Waals surface area contributed by atoms with Crippen LogP contribution in [-0.4, -0.2) is 22.2 Å². The zero-order valence-electron chi connectivity index (χ0n) is 7.08. The third kappa shape index (κ3) is 9.76. The molecule has 0 aromatic heterocycles. The predicted molar refractivity (Wildman–Crippen MR) is 46.9 cm³/mol. The first-order chi connectivity index (χ1) is 6.63. The quantitative estimate of drug-likeness (QED) is 0.552. The molecule has 0 bridgehead atoms. The Morgan fingerprint density at radius 1 is 1.14 bits per heavy atom. The molecule has 76 valence electrons. The number of nitrogens with one attached hydrogen (secondary N) is 1. The molecule has 1 aliphatic rings. The van der Waals surface area contributed by atoms with E-state index in [4.69, 9.17) is 10.2 Å². The van der Waals surface area contributed by atoms with Gasteiger partial charge in [-0.05, 0) is 12.2 Å². The van der Waals surface area contributed by atoms with Gasteiger partial charge in [0, 0.05) is 18.4 Å². The Morgan fingerprint density at radius 3 is 1.86 bits per heavy atom. The summed E-state index contributed by atoms with van der Waals surface area (Å²) < 4.78 is 0. The Morgan fingerprint density at radius 2 is 1.71 bits per heavy atom. The van der Waals surface area contributed by atoms with E-state index in [2.05, 4.69) is 10.3 Å². The fraction of sp³-hybridized carbons (Fsp3) is 0. The second-order valence-corrected chi connectivity index (χ2v) is 1.93. The molecule has 0 aromatic rings. The minimum atomic E-state index is -1.26. The molecule has 0 amide bonds. The summed E-state index contributed by atoms with van der Waals surface area (Å²) in [4.78, 5) is 23.7. The van der Waals surface area contributed by atoms with Gasteiger partial charge in [0.2, 0.25) is 0 Å². The van der Waals surface area contributed by atoms with Gasteiger partial charge in [0.05, 0.1) is 0 Å². The molecule has 6 nitrogen and oxygen atoms in total. The van der Waals surface area contributed by atoms with Crippen molar-refractivity contribution in [1.29, 1.82) is 0 Å². The van der Waals surface area contributed by atoms with Crippen molar-refractivity contribution >= 4 is 11.9 Å². The second kappa shape index (κ2) is 7.41. The molecule has 0 aliphatic carbocycles. The highest BCUT2D eigenvalue weighted by molar-refractivity contribution is 5.89. The Kier molecular flexibility index (Phi) is 6.23. The van der Waals surface area contributed by atoms with Crippen molar-refractivity contribution in [3.8, 4) is 0 Å². The van der Waals surface area contributed by atoms with Crippen LogP contribution >= 0.6 is 0 Å². The maximum absolute atomic E-state index is 9.55. The highest BCUT2D eigenvalue weighted by Crippen LogP contribution is 1.80. The molecule has 0 fully saturated rings. The van der Waals surface area contributed by atoms with Crippen molar-refractivity contribution in [3.63, 3.8) is 0 Å². The number of rotatable bonds is 2.